The summed E-state index contributed by atoms with van der Waals surface area (Å²) in [5.41, 5.74) is 1.65. The quantitative estimate of drug-likeness (QED) is 0.506. The van der Waals surface area contributed by atoms with Crippen LogP contribution in [0.2, 0.25) is 0 Å². The molecule has 0 amide bonds. The van der Waals surface area contributed by atoms with Crippen LogP contribution in [-0.4, -0.2) is 5.24 Å². The van der Waals surface area contributed by atoms with Crippen molar-refractivity contribution in [2.75, 3.05) is 0 Å². The van der Waals surface area contributed by atoms with E-state index in [0.29, 0.717) is 5.92 Å². The molecule has 0 aromatic rings. The molecule has 0 radical (unpaired) electrons. The Morgan fingerprint density at radius 1 is 1.43 bits per heavy atom. The fraction of sp³-hybridized carbons (Fsp3) is 0.750. The normalized spacial score (nSPS) is 34.4. The third-order valence-corrected chi connectivity index (χ3v) is 4.05. The summed E-state index contributed by atoms with van der Waals surface area (Å²) in [6.45, 7) is 4.27. The van der Waals surface area contributed by atoms with Crippen LogP contribution in [0, 0.1) is 17.3 Å². The largest absolute Gasteiger partial charge is 0.281 e. The Bertz CT molecular complexity index is 283. The standard InChI is InChI=1S/C12H17ClO/c1-12(2)9(10(12)11(13)14)7-8-5-3-4-6-8/h7,9-10H,3-6H2,1-2H3/t9-,10+/m1/s1. The first-order valence-corrected chi connectivity index (χ1v) is 5.80. The van der Waals surface area contributed by atoms with Crippen LogP contribution in [0.1, 0.15) is 39.5 Å². The third-order valence-electron chi connectivity index (χ3n) is 3.82. The highest BCUT2D eigenvalue weighted by Gasteiger charge is 2.59. The number of rotatable bonds is 2. The fourth-order valence-corrected chi connectivity index (χ4v) is 3.09. The highest BCUT2D eigenvalue weighted by Crippen LogP contribution is 2.60. The number of carbonyl (C=O) groups excluding carboxylic acids is 1. The molecule has 0 unspecified atom stereocenters. The second kappa shape index (κ2) is 3.37. The lowest BCUT2D eigenvalue weighted by Crippen LogP contribution is -1.96. The number of halogens is 1. The van der Waals surface area contributed by atoms with Crippen LogP contribution in [0.15, 0.2) is 11.6 Å². The maximum atomic E-state index is 11.1. The van der Waals surface area contributed by atoms with Crippen LogP contribution >= 0.6 is 11.6 Å². The maximum absolute atomic E-state index is 11.1. The molecule has 0 spiro atoms. The number of hydrogen-bond acceptors (Lipinski definition) is 1. The van der Waals surface area contributed by atoms with Crippen LogP contribution in [-0.2, 0) is 4.79 Å². The van der Waals surface area contributed by atoms with E-state index in [4.69, 9.17) is 11.6 Å². The van der Waals surface area contributed by atoms with E-state index in [0.717, 1.165) is 0 Å². The average molecular weight is 213 g/mol. The summed E-state index contributed by atoms with van der Waals surface area (Å²) >= 11 is 5.57. The molecule has 0 N–H and O–H groups in total. The van der Waals surface area contributed by atoms with Gasteiger partial charge in [0, 0.05) is 5.92 Å². The first-order valence-electron chi connectivity index (χ1n) is 5.42. The molecular formula is C12H17ClO. The van der Waals surface area contributed by atoms with Gasteiger partial charge in [-0.1, -0.05) is 25.5 Å². The van der Waals surface area contributed by atoms with Gasteiger partial charge in [-0.15, -0.1) is 0 Å². The Balaban J connectivity index is 2.07. The Kier molecular flexibility index (Phi) is 2.46. The Labute approximate surface area is 90.5 Å². The van der Waals surface area contributed by atoms with Crippen molar-refractivity contribution >= 4 is 16.8 Å². The molecule has 2 fully saturated rings. The molecule has 14 heavy (non-hydrogen) atoms. The summed E-state index contributed by atoms with van der Waals surface area (Å²) in [5, 5.41) is -0.158. The molecule has 0 heterocycles. The summed E-state index contributed by atoms with van der Waals surface area (Å²) in [6.07, 6.45) is 7.42. The van der Waals surface area contributed by atoms with E-state index in [1.54, 1.807) is 5.57 Å². The van der Waals surface area contributed by atoms with E-state index < -0.39 is 0 Å². The van der Waals surface area contributed by atoms with Crippen LogP contribution in [0.5, 0.6) is 0 Å². The Hall–Kier alpha value is -0.300. The lowest BCUT2D eigenvalue weighted by molar-refractivity contribution is -0.113. The summed E-state index contributed by atoms with van der Waals surface area (Å²) in [7, 11) is 0. The topological polar surface area (TPSA) is 17.1 Å². The summed E-state index contributed by atoms with van der Waals surface area (Å²) in [4.78, 5) is 11.1. The molecule has 0 bridgehead atoms. The zero-order chi connectivity index (χ0) is 10.3. The molecular weight excluding hydrogens is 196 g/mol. The predicted molar refractivity (Wildman–Crippen MR) is 58.2 cm³/mol. The van der Waals surface area contributed by atoms with Gasteiger partial charge in [0.2, 0.25) is 5.24 Å². The minimum absolute atomic E-state index is 0.0669. The van der Waals surface area contributed by atoms with Crippen molar-refractivity contribution in [2.24, 2.45) is 17.3 Å². The van der Waals surface area contributed by atoms with E-state index in [1.807, 2.05) is 0 Å². The summed E-state index contributed by atoms with van der Waals surface area (Å²) < 4.78 is 0. The predicted octanol–water partition coefficient (Wildman–Crippen LogP) is 3.52. The summed E-state index contributed by atoms with van der Waals surface area (Å²) in [6, 6.07) is 0. The van der Waals surface area contributed by atoms with Gasteiger partial charge in [-0.3, -0.25) is 4.79 Å². The summed E-state index contributed by atoms with van der Waals surface area (Å²) in [5.74, 6) is 0.470. The smallest absolute Gasteiger partial charge is 0.225 e. The van der Waals surface area contributed by atoms with Gasteiger partial charge in [0.05, 0.1) is 0 Å². The zero-order valence-corrected chi connectivity index (χ0v) is 9.60. The lowest BCUT2D eigenvalue weighted by atomic mass is 10.1. The van der Waals surface area contributed by atoms with Crippen LogP contribution < -0.4 is 0 Å². The second-order valence-corrected chi connectivity index (χ2v) is 5.53. The minimum atomic E-state index is -0.158. The van der Waals surface area contributed by atoms with Gasteiger partial charge in [-0.25, -0.2) is 0 Å². The minimum Gasteiger partial charge on any atom is -0.281 e. The van der Waals surface area contributed by atoms with Crippen molar-refractivity contribution in [1.82, 2.24) is 0 Å². The molecule has 0 aromatic carbocycles. The van der Waals surface area contributed by atoms with Gasteiger partial charge in [0.1, 0.15) is 0 Å². The van der Waals surface area contributed by atoms with E-state index >= 15 is 0 Å². The van der Waals surface area contributed by atoms with Crippen molar-refractivity contribution in [1.29, 1.82) is 0 Å². The molecule has 0 saturated heterocycles. The SMILES string of the molecule is CC1(C)[C@H](C=C2CCCC2)[C@H]1C(=O)Cl. The number of hydrogen-bond donors (Lipinski definition) is 0. The van der Waals surface area contributed by atoms with E-state index in [9.17, 15) is 4.79 Å². The van der Waals surface area contributed by atoms with Crippen LogP contribution in [0.25, 0.3) is 0 Å². The number of carbonyl (C=O) groups is 1. The van der Waals surface area contributed by atoms with Gasteiger partial charge >= 0.3 is 0 Å². The van der Waals surface area contributed by atoms with Crippen molar-refractivity contribution in [2.45, 2.75) is 39.5 Å². The van der Waals surface area contributed by atoms with Crippen molar-refractivity contribution in [3.63, 3.8) is 0 Å². The van der Waals surface area contributed by atoms with Gasteiger partial charge in [0.25, 0.3) is 0 Å². The molecule has 1 nitrogen and oxygen atoms in total. The third kappa shape index (κ3) is 1.63. The highest BCUT2D eigenvalue weighted by molar-refractivity contribution is 6.64. The molecule has 2 aliphatic carbocycles. The van der Waals surface area contributed by atoms with Crippen molar-refractivity contribution in [3.8, 4) is 0 Å². The molecule has 2 rings (SSSR count). The molecule has 0 aromatic heterocycles. The second-order valence-electron chi connectivity index (χ2n) is 5.16. The zero-order valence-electron chi connectivity index (χ0n) is 8.85. The van der Waals surface area contributed by atoms with Crippen molar-refractivity contribution in [3.05, 3.63) is 11.6 Å². The van der Waals surface area contributed by atoms with E-state index in [-0.39, 0.29) is 16.6 Å². The van der Waals surface area contributed by atoms with Crippen molar-refractivity contribution < 1.29 is 4.79 Å². The van der Waals surface area contributed by atoms with Crippen LogP contribution in [0.4, 0.5) is 0 Å². The maximum Gasteiger partial charge on any atom is 0.225 e. The average Bonchev–Trinajstić information content (AvgIpc) is 2.50. The van der Waals surface area contributed by atoms with Gasteiger partial charge in [-0.2, -0.15) is 0 Å². The fourth-order valence-electron chi connectivity index (χ4n) is 2.67. The molecule has 2 atom stereocenters. The Morgan fingerprint density at radius 3 is 2.43 bits per heavy atom. The first kappa shape index (κ1) is 10.2. The molecule has 0 aliphatic heterocycles. The molecule has 78 valence electrons. The van der Waals surface area contributed by atoms with Crippen LogP contribution in [0.3, 0.4) is 0 Å². The molecule has 2 aliphatic rings. The van der Waals surface area contributed by atoms with Gasteiger partial charge < -0.3 is 0 Å². The first-order chi connectivity index (χ1) is 6.53. The monoisotopic (exact) mass is 212 g/mol. The molecule has 2 heteroatoms. The van der Waals surface area contributed by atoms with E-state index in [2.05, 4.69) is 19.9 Å². The Morgan fingerprint density at radius 2 is 2.00 bits per heavy atom. The highest BCUT2D eigenvalue weighted by atomic mass is 35.5. The van der Waals surface area contributed by atoms with E-state index in [1.165, 1.54) is 25.7 Å². The lowest BCUT2D eigenvalue weighted by Gasteiger charge is -1.98. The number of allylic oxidation sites excluding steroid dienone is 2. The molecule has 2 saturated carbocycles. The van der Waals surface area contributed by atoms with Gasteiger partial charge in [0.15, 0.2) is 0 Å². The van der Waals surface area contributed by atoms with Gasteiger partial charge in [-0.05, 0) is 48.6 Å².